The van der Waals surface area contributed by atoms with Crippen molar-refractivity contribution in [1.29, 1.82) is 0 Å². The Morgan fingerprint density at radius 3 is 2.42 bits per heavy atom. The third kappa shape index (κ3) is 5.89. The zero-order valence-electron chi connectivity index (χ0n) is 14.1. The molecule has 0 aromatic heterocycles. The second-order valence-electron chi connectivity index (χ2n) is 5.41. The van der Waals surface area contributed by atoms with Gasteiger partial charge < -0.3 is 9.84 Å². The van der Waals surface area contributed by atoms with Gasteiger partial charge in [0, 0.05) is 0 Å². The molecular weight excluding hydrogens is 328 g/mol. The minimum Gasteiger partial charge on any atom is -0.481 e. The Morgan fingerprint density at radius 1 is 1.21 bits per heavy atom. The molecule has 0 heterocycles. The molecule has 6 heteroatoms. The van der Waals surface area contributed by atoms with Gasteiger partial charge in [0.15, 0.2) is 15.1 Å². The molecule has 24 heavy (non-hydrogen) atoms. The van der Waals surface area contributed by atoms with E-state index in [0.717, 1.165) is 19.3 Å². The van der Waals surface area contributed by atoms with E-state index in [-0.39, 0.29) is 17.9 Å². The van der Waals surface area contributed by atoms with Crippen molar-refractivity contribution in [3.05, 3.63) is 24.3 Å². The predicted octanol–water partition coefficient (Wildman–Crippen LogP) is 3.29. The molecule has 0 amide bonds. The fourth-order valence-corrected chi connectivity index (χ4v) is 3.84. The quantitative estimate of drug-likeness (QED) is 0.516. The van der Waals surface area contributed by atoms with Crippen LogP contribution in [0.15, 0.2) is 29.2 Å². The molecule has 0 aliphatic rings. The molecule has 1 N–H and O–H groups in total. The van der Waals surface area contributed by atoms with E-state index in [4.69, 9.17) is 4.74 Å². The molecule has 0 unspecified atom stereocenters. The van der Waals surface area contributed by atoms with Crippen molar-refractivity contribution >= 4 is 15.8 Å². The van der Waals surface area contributed by atoms with Crippen LogP contribution in [0.25, 0.3) is 0 Å². The van der Waals surface area contributed by atoms with Crippen molar-refractivity contribution in [3.8, 4) is 17.6 Å². The molecule has 0 spiro atoms. The summed E-state index contributed by atoms with van der Waals surface area (Å²) in [7, 11) is -3.91. The molecule has 0 bridgehead atoms. The highest BCUT2D eigenvalue weighted by atomic mass is 32.2. The number of benzene rings is 1. The Bertz CT molecular complexity index is 680. The number of carboxylic acids is 1. The summed E-state index contributed by atoms with van der Waals surface area (Å²) in [6, 6.07) is 5.79. The van der Waals surface area contributed by atoms with Crippen LogP contribution < -0.4 is 4.74 Å². The Kier molecular flexibility index (Phi) is 8.34. The van der Waals surface area contributed by atoms with E-state index in [1.807, 2.05) is 6.92 Å². The topological polar surface area (TPSA) is 80.7 Å². The Hall–Kier alpha value is -2.00. The van der Waals surface area contributed by atoms with Crippen molar-refractivity contribution in [1.82, 2.24) is 0 Å². The van der Waals surface area contributed by atoms with Crippen LogP contribution in [0.3, 0.4) is 0 Å². The van der Waals surface area contributed by atoms with Crippen LogP contribution in [0, 0.1) is 11.8 Å². The zero-order valence-corrected chi connectivity index (χ0v) is 14.9. The van der Waals surface area contributed by atoms with Gasteiger partial charge >= 0.3 is 5.97 Å². The minimum absolute atomic E-state index is 0.000632. The lowest BCUT2D eigenvalue weighted by Crippen LogP contribution is -2.30. The highest BCUT2D eigenvalue weighted by Gasteiger charge is 2.33. The van der Waals surface area contributed by atoms with Crippen LogP contribution in [-0.2, 0) is 14.6 Å². The highest BCUT2D eigenvalue weighted by molar-refractivity contribution is 7.92. The molecule has 0 fully saturated rings. The lowest BCUT2D eigenvalue weighted by molar-refractivity contribution is -0.136. The minimum atomic E-state index is -3.91. The first-order valence-corrected chi connectivity index (χ1v) is 9.57. The predicted molar refractivity (Wildman–Crippen MR) is 92.8 cm³/mol. The first kappa shape index (κ1) is 20.0. The molecule has 1 atom stereocenters. The molecule has 1 aromatic rings. The second-order valence-corrected chi connectivity index (χ2v) is 7.54. The Balaban J connectivity index is 2.85. The molecule has 1 aromatic carbocycles. The van der Waals surface area contributed by atoms with Gasteiger partial charge in [0.1, 0.15) is 12.4 Å². The van der Waals surface area contributed by atoms with Gasteiger partial charge in [-0.3, -0.25) is 4.79 Å². The molecule has 0 saturated heterocycles. The largest absolute Gasteiger partial charge is 0.481 e. The summed E-state index contributed by atoms with van der Waals surface area (Å²) in [4.78, 5) is 11.4. The second kappa shape index (κ2) is 9.99. The van der Waals surface area contributed by atoms with Crippen LogP contribution >= 0.6 is 0 Å². The van der Waals surface area contributed by atoms with Crippen LogP contribution in [0.2, 0.25) is 0 Å². The van der Waals surface area contributed by atoms with Crippen molar-refractivity contribution in [2.75, 3.05) is 6.61 Å². The van der Waals surface area contributed by atoms with E-state index >= 15 is 0 Å². The molecule has 0 radical (unpaired) electrons. The summed E-state index contributed by atoms with van der Waals surface area (Å²) in [6.07, 6.45) is 3.53. The maximum Gasteiger partial charge on any atom is 0.322 e. The van der Waals surface area contributed by atoms with Crippen LogP contribution in [0.4, 0.5) is 0 Å². The third-order valence-corrected chi connectivity index (χ3v) is 5.73. The normalized spacial score (nSPS) is 12.1. The number of carbonyl (C=O) groups is 1. The molecule has 0 aliphatic carbocycles. The van der Waals surface area contributed by atoms with E-state index < -0.39 is 21.1 Å². The van der Waals surface area contributed by atoms with Gasteiger partial charge in [-0.1, -0.05) is 38.5 Å². The standard InChI is InChI=1S/C18H24O5S/c1-3-5-7-8-9-17(18(19)20)24(21,22)16-12-10-15(11-13-16)23-14-6-4-2/h10-13,17H,3,5,7-9,14H2,1-2H3,(H,19,20)/t17-/m0/s1. The zero-order chi connectivity index (χ0) is 18.0. The lowest BCUT2D eigenvalue weighted by Gasteiger charge is -2.14. The summed E-state index contributed by atoms with van der Waals surface area (Å²) < 4.78 is 30.5. The number of hydrogen-bond donors (Lipinski definition) is 1. The first-order valence-electron chi connectivity index (χ1n) is 8.02. The number of rotatable bonds is 10. The molecule has 0 aliphatic heterocycles. The van der Waals surface area contributed by atoms with Crippen LogP contribution in [-0.4, -0.2) is 31.4 Å². The molecular formula is C18H24O5S. The van der Waals surface area contributed by atoms with E-state index in [1.165, 1.54) is 24.3 Å². The fraction of sp³-hybridized carbons (Fsp3) is 0.500. The van der Waals surface area contributed by atoms with Crippen molar-refractivity contribution in [3.63, 3.8) is 0 Å². The first-order chi connectivity index (χ1) is 11.4. The maximum atomic E-state index is 12.6. The average Bonchev–Trinajstić information content (AvgIpc) is 2.55. The van der Waals surface area contributed by atoms with Gasteiger partial charge in [0.2, 0.25) is 0 Å². The van der Waals surface area contributed by atoms with Crippen molar-refractivity contribution in [2.45, 2.75) is 56.1 Å². The number of aliphatic carboxylic acids is 1. The number of sulfone groups is 1. The smallest absolute Gasteiger partial charge is 0.322 e. The molecule has 5 nitrogen and oxygen atoms in total. The summed E-state index contributed by atoms with van der Waals surface area (Å²) in [5.41, 5.74) is 0. The van der Waals surface area contributed by atoms with Gasteiger partial charge in [0.05, 0.1) is 4.90 Å². The van der Waals surface area contributed by atoms with Crippen LogP contribution in [0.1, 0.15) is 46.0 Å². The number of ether oxygens (including phenoxy) is 1. The van der Waals surface area contributed by atoms with Gasteiger partial charge in [-0.25, -0.2) is 8.42 Å². The van der Waals surface area contributed by atoms with Crippen molar-refractivity contribution in [2.24, 2.45) is 0 Å². The highest BCUT2D eigenvalue weighted by Crippen LogP contribution is 2.23. The lowest BCUT2D eigenvalue weighted by atomic mass is 10.1. The van der Waals surface area contributed by atoms with E-state index in [9.17, 15) is 18.3 Å². The van der Waals surface area contributed by atoms with Crippen LogP contribution in [0.5, 0.6) is 5.75 Å². The summed E-state index contributed by atoms with van der Waals surface area (Å²) >= 11 is 0. The van der Waals surface area contributed by atoms with Gasteiger partial charge in [-0.2, -0.15) is 0 Å². The third-order valence-electron chi connectivity index (χ3n) is 3.61. The number of hydrogen-bond acceptors (Lipinski definition) is 4. The SMILES string of the molecule is CC#CCOc1ccc(S(=O)(=O)[C@@H](CCCCCC)C(=O)O)cc1. The summed E-state index contributed by atoms with van der Waals surface area (Å²) in [6.45, 7) is 3.96. The molecule has 1 rings (SSSR count). The fourth-order valence-electron chi connectivity index (χ4n) is 2.25. The van der Waals surface area contributed by atoms with Gasteiger partial charge in [0.25, 0.3) is 0 Å². The molecule has 0 saturated carbocycles. The Morgan fingerprint density at radius 2 is 1.88 bits per heavy atom. The van der Waals surface area contributed by atoms with Crippen molar-refractivity contribution < 1.29 is 23.1 Å². The van der Waals surface area contributed by atoms with E-state index in [2.05, 4.69) is 11.8 Å². The van der Waals surface area contributed by atoms with E-state index in [0.29, 0.717) is 12.2 Å². The van der Waals surface area contributed by atoms with E-state index in [1.54, 1.807) is 6.92 Å². The Labute approximate surface area is 144 Å². The molecule has 132 valence electrons. The number of unbranched alkanes of at least 4 members (excludes halogenated alkanes) is 3. The number of carboxylic acid groups (broad SMARTS) is 1. The summed E-state index contributed by atoms with van der Waals surface area (Å²) in [5, 5.41) is 7.90. The van der Waals surface area contributed by atoms with Gasteiger partial charge in [-0.15, -0.1) is 5.92 Å². The maximum absolute atomic E-state index is 12.6. The summed E-state index contributed by atoms with van der Waals surface area (Å²) in [5.74, 6) is 4.62. The monoisotopic (exact) mass is 352 g/mol. The van der Waals surface area contributed by atoms with Gasteiger partial charge in [-0.05, 0) is 37.6 Å². The average molecular weight is 352 g/mol.